The van der Waals surface area contributed by atoms with Crippen LogP contribution in [0.3, 0.4) is 0 Å². The second-order valence-corrected chi connectivity index (χ2v) is 4.61. The Morgan fingerprint density at radius 1 is 1.19 bits per heavy atom. The molecule has 0 spiro atoms. The first-order valence-corrected chi connectivity index (χ1v) is 6.91. The van der Waals surface area contributed by atoms with Crippen LogP contribution in [-0.4, -0.2) is 50.3 Å². The molecule has 0 radical (unpaired) electrons. The maximum absolute atomic E-state index is 5.89. The van der Waals surface area contributed by atoms with Crippen molar-refractivity contribution in [3.05, 3.63) is 0 Å². The number of hydrogen-bond acceptors (Lipinski definition) is 3. The largest absolute Gasteiger partial charge is 0.376 e. The van der Waals surface area contributed by atoms with Crippen LogP contribution < -0.4 is 5.32 Å². The Balaban J connectivity index is 2.02. The molecule has 96 valence electrons. The van der Waals surface area contributed by atoms with Crippen LogP contribution in [0.2, 0.25) is 0 Å². The highest BCUT2D eigenvalue weighted by Gasteiger charge is 2.11. The SMILES string of the molecule is CCNCC(CC)OCCN1CCCCC1. The number of nitrogens with one attached hydrogen (secondary N) is 1. The highest BCUT2D eigenvalue weighted by Crippen LogP contribution is 2.08. The highest BCUT2D eigenvalue weighted by molar-refractivity contribution is 4.65. The fourth-order valence-electron chi connectivity index (χ4n) is 2.16. The second-order valence-electron chi connectivity index (χ2n) is 4.61. The Bertz CT molecular complexity index is 158. The average molecular weight is 228 g/mol. The summed E-state index contributed by atoms with van der Waals surface area (Å²) in [5.74, 6) is 0. The van der Waals surface area contributed by atoms with Crippen LogP contribution in [0, 0.1) is 0 Å². The standard InChI is InChI=1S/C13H28N2O/c1-3-13(12-14-4-2)16-11-10-15-8-6-5-7-9-15/h13-14H,3-12H2,1-2H3. The van der Waals surface area contributed by atoms with Crippen LogP contribution in [0.1, 0.15) is 39.5 Å². The van der Waals surface area contributed by atoms with E-state index in [2.05, 4.69) is 24.1 Å². The van der Waals surface area contributed by atoms with E-state index >= 15 is 0 Å². The maximum atomic E-state index is 5.89. The summed E-state index contributed by atoms with van der Waals surface area (Å²) in [4.78, 5) is 2.53. The molecule has 16 heavy (non-hydrogen) atoms. The summed E-state index contributed by atoms with van der Waals surface area (Å²) < 4.78 is 5.89. The third kappa shape index (κ3) is 5.83. The molecular weight excluding hydrogens is 200 g/mol. The van der Waals surface area contributed by atoms with Gasteiger partial charge in [-0.15, -0.1) is 0 Å². The van der Waals surface area contributed by atoms with Gasteiger partial charge in [0.25, 0.3) is 0 Å². The maximum Gasteiger partial charge on any atom is 0.0697 e. The van der Waals surface area contributed by atoms with Crippen molar-refractivity contribution in [1.82, 2.24) is 10.2 Å². The number of ether oxygens (including phenoxy) is 1. The molecule has 1 aliphatic heterocycles. The van der Waals surface area contributed by atoms with E-state index in [0.29, 0.717) is 6.10 Å². The minimum atomic E-state index is 0.393. The zero-order chi connectivity index (χ0) is 11.6. The predicted octanol–water partition coefficient (Wildman–Crippen LogP) is 1.88. The number of likely N-dealkylation sites (tertiary alicyclic amines) is 1. The van der Waals surface area contributed by atoms with Gasteiger partial charge in [-0.05, 0) is 38.9 Å². The van der Waals surface area contributed by atoms with Gasteiger partial charge in [-0.3, -0.25) is 0 Å². The zero-order valence-corrected chi connectivity index (χ0v) is 11.0. The monoisotopic (exact) mass is 228 g/mol. The number of likely N-dealkylation sites (N-methyl/N-ethyl adjacent to an activating group) is 1. The van der Waals surface area contributed by atoms with Gasteiger partial charge >= 0.3 is 0 Å². The molecule has 1 aliphatic rings. The molecule has 0 aliphatic carbocycles. The van der Waals surface area contributed by atoms with Crippen LogP contribution in [0.5, 0.6) is 0 Å². The minimum Gasteiger partial charge on any atom is -0.376 e. The van der Waals surface area contributed by atoms with Gasteiger partial charge < -0.3 is 15.0 Å². The van der Waals surface area contributed by atoms with Gasteiger partial charge in [-0.2, -0.15) is 0 Å². The first-order valence-electron chi connectivity index (χ1n) is 6.91. The molecule has 1 heterocycles. The van der Waals surface area contributed by atoms with E-state index in [1.54, 1.807) is 0 Å². The fourth-order valence-corrected chi connectivity index (χ4v) is 2.16. The van der Waals surface area contributed by atoms with Gasteiger partial charge in [0.1, 0.15) is 0 Å². The van der Waals surface area contributed by atoms with Gasteiger partial charge in [0.2, 0.25) is 0 Å². The van der Waals surface area contributed by atoms with Crippen molar-refractivity contribution in [1.29, 1.82) is 0 Å². The van der Waals surface area contributed by atoms with Crippen LogP contribution in [0.15, 0.2) is 0 Å². The van der Waals surface area contributed by atoms with Crippen LogP contribution in [0.4, 0.5) is 0 Å². The van der Waals surface area contributed by atoms with Crippen molar-refractivity contribution in [3.63, 3.8) is 0 Å². The van der Waals surface area contributed by atoms with Crippen LogP contribution in [0.25, 0.3) is 0 Å². The van der Waals surface area contributed by atoms with E-state index in [0.717, 1.165) is 32.7 Å². The Kier molecular flexibility index (Phi) is 7.81. The molecule has 0 amide bonds. The second kappa shape index (κ2) is 8.97. The summed E-state index contributed by atoms with van der Waals surface area (Å²) in [7, 11) is 0. The Morgan fingerprint density at radius 2 is 1.94 bits per heavy atom. The van der Waals surface area contributed by atoms with E-state index in [-0.39, 0.29) is 0 Å². The number of piperidine rings is 1. The molecule has 0 aromatic heterocycles. The lowest BCUT2D eigenvalue weighted by molar-refractivity contribution is 0.0329. The number of hydrogen-bond donors (Lipinski definition) is 1. The van der Waals surface area contributed by atoms with Gasteiger partial charge in [0, 0.05) is 13.1 Å². The van der Waals surface area contributed by atoms with Gasteiger partial charge in [0.05, 0.1) is 12.7 Å². The zero-order valence-electron chi connectivity index (χ0n) is 11.0. The van der Waals surface area contributed by atoms with Crippen molar-refractivity contribution < 1.29 is 4.74 Å². The Hall–Kier alpha value is -0.120. The average Bonchev–Trinajstić information content (AvgIpc) is 2.35. The number of nitrogens with zero attached hydrogens (tertiary/aromatic N) is 1. The van der Waals surface area contributed by atoms with E-state index in [9.17, 15) is 0 Å². The lowest BCUT2D eigenvalue weighted by Crippen LogP contribution is -2.35. The van der Waals surface area contributed by atoms with E-state index in [4.69, 9.17) is 4.74 Å². The molecule has 0 bridgehead atoms. The van der Waals surface area contributed by atoms with Gasteiger partial charge in [-0.25, -0.2) is 0 Å². The topological polar surface area (TPSA) is 24.5 Å². The smallest absolute Gasteiger partial charge is 0.0697 e. The molecule has 1 unspecified atom stereocenters. The lowest BCUT2D eigenvalue weighted by Gasteiger charge is -2.27. The molecule has 0 aromatic carbocycles. The summed E-state index contributed by atoms with van der Waals surface area (Å²) in [6.45, 7) is 10.9. The first kappa shape index (κ1) is 13.9. The van der Waals surface area contributed by atoms with Gasteiger partial charge in [0.15, 0.2) is 0 Å². The molecule has 1 N–H and O–H groups in total. The number of rotatable bonds is 8. The third-order valence-corrected chi connectivity index (χ3v) is 3.29. The fraction of sp³-hybridized carbons (Fsp3) is 1.00. The molecule has 0 aromatic rings. The summed E-state index contributed by atoms with van der Waals surface area (Å²) >= 11 is 0. The Morgan fingerprint density at radius 3 is 2.56 bits per heavy atom. The molecule has 1 rings (SSSR count). The van der Waals surface area contributed by atoms with Gasteiger partial charge in [-0.1, -0.05) is 20.3 Å². The molecule has 0 saturated carbocycles. The van der Waals surface area contributed by atoms with Crippen molar-refractivity contribution in [2.75, 3.05) is 39.3 Å². The van der Waals surface area contributed by atoms with E-state index in [1.807, 2.05) is 0 Å². The van der Waals surface area contributed by atoms with Crippen molar-refractivity contribution in [2.24, 2.45) is 0 Å². The molecule has 1 fully saturated rings. The summed E-state index contributed by atoms with van der Waals surface area (Å²) in [6, 6.07) is 0. The molecular formula is C13H28N2O. The normalized spacial score (nSPS) is 19.9. The quantitative estimate of drug-likeness (QED) is 0.686. The van der Waals surface area contributed by atoms with Crippen molar-refractivity contribution >= 4 is 0 Å². The third-order valence-electron chi connectivity index (χ3n) is 3.29. The van der Waals surface area contributed by atoms with E-state index in [1.165, 1.54) is 32.4 Å². The van der Waals surface area contributed by atoms with Crippen molar-refractivity contribution in [2.45, 2.75) is 45.6 Å². The minimum absolute atomic E-state index is 0.393. The molecule has 1 atom stereocenters. The molecule has 3 heteroatoms. The van der Waals surface area contributed by atoms with E-state index < -0.39 is 0 Å². The summed E-state index contributed by atoms with van der Waals surface area (Å²) in [5.41, 5.74) is 0. The summed E-state index contributed by atoms with van der Waals surface area (Å²) in [5, 5.41) is 3.35. The molecule has 3 nitrogen and oxygen atoms in total. The van der Waals surface area contributed by atoms with Crippen molar-refractivity contribution in [3.8, 4) is 0 Å². The molecule has 1 saturated heterocycles. The predicted molar refractivity (Wildman–Crippen MR) is 68.9 cm³/mol. The van der Waals surface area contributed by atoms with Crippen LogP contribution >= 0.6 is 0 Å². The lowest BCUT2D eigenvalue weighted by atomic mass is 10.1. The first-order chi connectivity index (χ1) is 7.86. The van der Waals surface area contributed by atoms with Crippen LogP contribution in [-0.2, 0) is 4.74 Å². The summed E-state index contributed by atoms with van der Waals surface area (Å²) in [6.07, 6.45) is 5.65. The Labute approximate surface area is 101 Å². The highest BCUT2D eigenvalue weighted by atomic mass is 16.5.